The van der Waals surface area contributed by atoms with Crippen LogP contribution >= 0.6 is 0 Å². The van der Waals surface area contributed by atoms with Gasteiger partial charge in [0.25, 0.3) is 0 Å². The highest BCUT2D eigenvalue weighted by atomic mass is 16.4. The summed E-state index contributed by atoms with van der Waals surface area (Å²) in [5, 5.41) is 17.8. The quantitative estimate of drug-likeness (QED) is 0.761. The first-order chi connectivity index (χ1) is 7.00. The Kier molecular flexibility index (Phi) is 3.62. The van der Waals surface area contributed by atoms with Gasteiger partial charge in [0.1, 0.15) is 5.82 Å². The molecule has 15 heavy (non-hydrogen) atoms. The van der Waals surface area contributed by atoms with Crippen LogP contribution in [0.2, 0.25) is 0 Å². The molecule has 82 valence electrons. The topological polar surface area (TPSA) is 73.7 Å². The lowest BCUT2D eigenvalue weighted by Gasteiger charge is -2.19. The summed E-state index contributed by atoms with van der Waals surface area (Å²) in [7, 11) is 1.79. The summed E-state index contributed by atoms with van der Waals surface area (Å²) in [4.78, 5) is 16.3. The molecule has 1 atom stereocenters. The standard InChI is InChI=1S/C10H14N2O3/c1-7(13)6-12(2)9-4-3-8(5-11-9)10(14)15/h3-5,7,13H,6H2,1-2H3,(H,14,15). The molecule has 5 heteroatoms. The SMILES string of the molecule is CC(O)CN(C)c1ccc(C(=O)O)cn1. The second kappa shape index (κ2) is 4.75. The maximum atomic E-state index is 10.6. The van der Waals surface area contributed by atoms with Gasteiger partial charge in [-0.05, 0) is 19.1 Å². The van der Waals surface area contributed by atoms with E-state index in [2.05, 4.69) is 4.98 Å². The lowest BCUT2D eigenvalue weighted by Crippen LogP contribution is -2.27. The maximum Gasteiger partial charge on any atom is 0.337 e. The Bertz CT molecular complexity index is 335. The smallest absolute Gasteiger partial charge is 0.337 e. The molecule has 0 aliphatic heterocycles. The van der Waals surface area contributed by atoms with Crippen molar-refractivity contribution in [3.63, 3.8) is 0 Å². The van der Waals surface area contributed by atoms with E-state index < -0.39 is 12.1 Å². The highest BCUT2D eigenvalue weighted by Crippen LogP contribution is 2.09. The number of likely N-dealkylation sites (N-methyl/N-ethyl adjacent to an activating group) is 1. The first-order valence-corrected chi connectivity index (χ1v) is 4.59. The van der Waals surface area contributed by atoms with E-state index in [0.717, 1.165) is 0 Å². The van der Waals surface area contributed by atoms with Crippen molar-refractivity contribution in [3.05, 3.63) is 23.9 Å². The summed E-state index contributed by atoms with van der Waals surface area (Å²) in [5.41, 5.74) is 0.157. The van der Waals surface area contributed by atoms with Crippen LogP contribution in [0.15, 0.2) is 18.3 Å². The van der Waals surface area contributed by atoms with Crippen molar-refractivity contribution in [3.8, 4) is 0 Å². The van der Waals surface area contributed by atoms with E-state index in [-0.39, 0.29) is 5.56 Å². The number of pyridine rings is 1. The minimum atomic E-state index is -0.993. The Morgan fingerprint density at radius 2 is 2.27 bits per heavy atom. The average Bonchev–Trinajstić information content (AvgIpc) is 2.17. The van der Waals surface area contributed by atoms with Gasteiger partial charge in [0.2, 0.25) is 0 Å². The molecule has 1 aromatic heterocycles. The molecule has 0 spiro atoms. The summed E-state index contributed by atoms with van der Waals surface area (Å²) in [5.74, 6) is -0.354. The largest absolute Gasteiger partial charge is 0.478 e. The molecule has 1 heterocycles. The fourth-order valence-corrected chi connectivity index (χ4v) is 1.23. The molecular formula is C10H14N2O3. The van der Waals surface area contributed by atoms with Gasteiger partial charge in [0.05, 0.1) is 11.7 Å². The third-order valence-electron chi connectivity index (χ3n) is 1.92. The normalized spacial score (nSPS) is 12.2. The van der Waals surface area contributed by atoms with E-state index in [0.29, 0.717) is 12.4 Å². The first-order valence-electron chi connectivity index (χ1n) is 4.59. The number of carboxylic acids is 1. The van der Waals surface area contributed by atoms with Gasteiger partial charge in [-0.2, -0.15) is 0 Å². The fraction of sp³-hybridized carbons (Fsp3) is 0.400. The highest BCUT2D eigenvalue weighted by molar-refractivity contribution is 5.87. The summed E-state index contributed by atoms with van der Waals surface area (Å²) >= 11 is 0. The Labute approximate surface area is 88.0 Å². The molecule has 1 rings (SSSR count). The second-order valence-corrected chi connectivity index (χ2v) is 3.44. The number of nitrogens with zero attached hydrogens (tertiary/aromatic N) is 2. The van der Waals surface area contributed by atoms with Crippen LogP contribution in [-0.4, -0.2) is 40.9 Å². The van der Waals surface area contributed by atoms with Gasteiger partial charge >= 0.3 is 5.97 Å². The lowest BCUT2D eigenvalue weighted by atomic mass is 10.3. The van der Waals surface area contributed by atoms with Crippen LogP contribution in [0.3, 0.4) is 0 Å². The van der Waals surface area contributed by atoms with Gasteiger partial charge < -0.3 is 15.1 Å². The molecule has 0 aliphatic carbocycles. The van der Waals surface area contributed by atoms with Crippen molar-refractivity contribution in [1.82, 2.24) is 4.98 Å². The van der Waals surface area contributed by atoms with Gasteiger partial charge in [0, 0.05) is 19.8 Å². The lowest BCUT2D eigenvalue weighted by molar-refractivity contribution is 0.0696. The molecule has 1 aromatic rings. The molecule has 0 radical (unpaired) electrons. The molecule has 0 saturated heterocycles. The minimum absolute atomic E-state index is 0.157. The van der Waals surface area contributed by atoms with Crippen LogP contribution in [0, 0.1) is 0 Å². The molecule has 5 nitrogen and oxygen atoms in total. The van der Waals surface area contributed by atoms with Crippen molar-refractivity contribution in [2.45, 2.75) is 13.0 Å². The summed E-state index contributed by atoms with van der Waals surface area (Å²) in [6, 6.07) is 3.11. The number of aromatic nitrogens is 1. The fourth-order valence-electron chi connectivity index (χ4n) is 1.23. The van der Waals surface area contributed by atoms with Gasteiger partial charge in [-0.15, -0.1) is 0 Å². The van der Waals surface area contributed by atoms with Crippen molar-refractivity contribution in [2.75, 3.05) is 18.5 Å². The summed E-state index contributed by atoms with van der Waals surface area (Å²) in [6.45, 7) is 2.14. The number of aromatic carboxylic acids is 1. The summed E-state index contributed by atoms with van der Waals surface area (Å²) in [6.07, 6.45) is 0.854. The molecule has 0 amide bonds. The predicted molar refractivity (Wildman–Crippen MR) is 56.1 cm³/mol. The van der Waals surface area contributed by atoms with Crippen LogP contribution in [0.4, 0.5) is 5.82 Å². The van der Waals surface area contributed by atoms with E-state index in [4.69, 9.17) is 10.2 Å². The van der Waals surface area contributed by atoms with E-state index in [1.807, 2.05) is 0 Å². The number of carboxylic acid groups (broad SMARTS) is 1. The Morgan fingerprint density at radius 3 is 2.67 bits per heavy atom. The van der Waals surface area contributed by atoms with Gasteiger partial charge in [-0.1, -0.05) is 0 Å². The third-order valence-corrected chi connectivity index (χ3v) is 1.92. The number of hydrogen-bond acceptors (Lipinski definition) is 4. The molecule has 0 aromatic carbocycles. The molecular weight excluding hydrogens is 196 g/mol. The number of hydrogen-bond donors (Lipinski definition) is 2. The predicted octanol–water partition coefficient (Wildman–Crippen LogP) is 0.597. The van der Waals surface area contributed by atoms with Crippen LogP contribution in [0.1, 0.15) is 17.3 Å². The monoisotopic (exact) mass is 210 g/mol. The Balaban J connectivity index is 2.75. The molecule has 1 unspecified atom stereocenters. The van der Waals surface area contributed by atoms with E-state index in [9.17, 15) is 4.79 Å². The van der Waals surface area contributed by atoms with Gasteiger partial charge in [-0.25, -0.2) is 9.78 Å². The molecule has 2 N–H and O–H groups in total. The third kappa shape index (κ3) is 3.21. The van der Waals surface area contributed by atoms with Crippen LogP contribution in [-0.2, 0) is 0 Å². The van der Waals surface area contributed by atoms with E-state index >= 15 is 0 Å². The van der Waals surface area contributed by atoms with Crippen molar-refractivity contribution < 1.29 is 15.0 Å². The van der Waals surface area contributed by atoms with Crippen molar-refractivity contribution in [1.29, 1.82) is 0 Å². The zero-order valence-corrected chi connectivity index (χ0v) is 8.71. The zero-order chi connectivity index (χ0) is 11.4. The number of rotatable bonds is 4. The molecule has 0 saturated carbocycles. The molecule has 0 bridgehead atoms. The second-order valence-electron chi connectivity index (χ2n) is 3.44. The van der Waals surface area contributed by atoms with Gasteiger partial charge in [0.15, 0.2) is 0 Å². The average molecular weight is 210 g/mol. The number of aliphatic hydroxyl groups is 1. The van der Waals surface area contributed by atoms with Crippen LogP contribution in [0.5, 0.6) is 0 Å². The molecule has 0 fully saturated rings. The number of carbonyl (C=O) groups is 1. The summed E-state index contributed by atoms with van der Waals surface area (Å²) < 4.78 is 0. The highest BCUT2D eigenvalue weighted by Gasteiger charge is 2.07. The zero-order valence-electron chi connectivity index (χ0n) is 8.71. The van der Waals surface area contributed by atoms with Gasteiger partial charge in [-0.3, -0.25) is 0 Å². The maximum absolute atomic E-state index is 10.6. The Hall–Kier alpha value is -1.62. The molecule has 0 aliphatic rings. The van der Waals surface area contributed by atoms with E-state index in [1.54, 1.807) is 24.9 Å². The number of aliphatic hydroxyl groups excluding tert-OH is 1. The van der Waals surface area contributed by atoms with Crippen LogP contribution < -0.4 is 4.90 Å². The first kappa shape index (κ1) is 11.5. The minimum Gasteiger partial charge on any atom is -0.478 e. The van der Waals surface area contributed by atoms with E-state index in [1.165, 1.54) is 12.3 Å². The Morgan fingerprint density at radius 1 is 1.60 bits per heavy atom. The van der Waals surface area contributed by atoms with Crippen molar-refractivity contribution >= 4 is 11.8 Å². The number of anilines is 1. The van der Waals surface area contributed by atoms with Crippen LogP contribution in [0.25, 0.3) is 0 Å². The van der Waals surface area contributed by atoms with Crippen molar-refractivity contribution in [2.24, 2.45) is 0 Å².